The van der Waals surface area contributed by atoms with Crippen LogP contribution in [0.5, 0.6) is 0 Å². The SMILES string of the molecule is CCCCC1=NC2(CCCC2)C(=O)N1Cc1ccc(-c2ccccc2S(=O)(=O)Nc2onc(C)c2C)c(CC(C)C)c1. The predicted octanol–water partition coefficient (Wildman–Crippen LogP) is 7.20. The monoisotopic (exact) mass is 590 g/mol. The van der Waals surface area contributed by atoms with E-state index in [4.69, 9.17) is 9.52 Å². The molecule has 1 aliphatic heterocycles. The summed E-state index contributed by atoms with van der Waals surface area (Å²) in [4.78, 5) is 20.8. The fourth-order valence-electron chi connectivity index (χ4n) is 6.11. The van der Waals surface area contributed by atoms with Gasteiger partial charge in [-0.25, -0.2) is 13.1 Å². The van der Waals surface area contributed by atoms with Gasteiger partial charge in [0.25, 0.3) is 15.9 Å². The van der Waals surface area contributed by atoms with Crippen molar-refractivity contribution >= 4 is 27.7 Å². The van der Waals surface area contributed by atoms with E-state index in [2.05, 4.69) is 36.7 Å². The van der Waals surface area contributed by atoms with Crippen LogP contribution in [0.3, 0.4) is 0 Å². The second kappa shape index (κ2) is 12.0. The average molecular weight is 591 g/mol. The highest BCUT2D eigenvalue weighted by Crippen LogP contribution is 2.40. The van der Waals surface area contributed by atoms with Crippen LogP contribution in [0.2, 0.25) is 0 Å². The maximum absolute atomic E-state index is 13.7. The van der Waals surface area contributed by atoms with E-state index in [-0.39, 0.29) is 16.7 Å². The highest BCUT2D eigenvalue weighted by atomic mass is 32.2. The van der Waals surface area contributed by atoms with E-state index in [1.807, 2.05) is 29.2 Å². The number of rotatable bonds is 11. The molecule has 1 aromatic heterocycles. The Labute approximate surface area is 249 Å². The van der Waals surface area contributed by atoms with Crippen LogP contribution in [-0.4, -0.2) is 35.8 Å². The predicted molar refractivity (Wildman–Crippen MR) is 166 cm³/mol. The highest BCUT2D eigenvalue weighted by Gasteiger charge is 2.49. The number of aryl methyl sites for hydroxylation is 1. The zero-order valence-electron chi connectivity index (χ0n) is 25.4. The molecular weight excluding hydrogens is 548 g/mol. The lowest BCUT2D eigenvalue weighted by Gasteiger charge is -2.24. The van der Waals surface area contributed by atoms with Crippen LogP contribution in [0, 0.1) is 19.8 Å². The summed E-state index contributed by atoms with van der Waals surface area (Å²) in [5, 5.41) is 3.89. The van der Waals surface area contributed by atoms with Crippen molar-refractivity contribution in [2.24, 2.45) is 10.9 Å². The molecule has 3 aromatic rings. The number of carbonyl (C=O) groups excluding carboxylic acids is 1. The molecule has 1 aliphatic carbocycles. The maximum Gasteiger partial charge on any atom is 0.264 e. The third kappa shape index (κ3) is 5.89. The first kappa shape index (κ1) is 30.0. The molecule has 0 saturated heterocycles. The Kier molecular flexibility index (Phi) is 8.60. The largest absolute Gasteiger partial charge is 0.337 e. The van der Waals surface area contributed by atoms with Crippen LogP contribution in [0.25, 0.3) is 11.1 Å². The zero-order chi connectivity index (χ0) is 30.1. The van der Waals surface area contributed by atoms with Gasteiger partial charge in [0.05, 0.1) is 17.1 Å². The average Bonchev–Trinajstić information content (AvgIpc) is 3.63. The number of aromatic nitrogens is 1. The first-order valence-corrected chi connectivity index (χ1v) is 16.6. The lowest BCUT2D eigenvalue weighted by molar-refractivity contribution is -0.131. The minimum Gasteiger partial charge on any atom is -0.337 e. The summed E-state index contributed by atoms with van der Waals surface area (Å²) < 4.78 is 35.1. The van der Waals surface area contributed by atoms with E-state index < -0.39 is 15.6 Å². The summed E-state index contributed by atoms with van der Waals surface area (Å²) >= 11 is 0. The van der Waals surface area contributed by atoms with Crippen LogP contribution in [0.1, 0.15) is 88.1 Å². The second-order valence-electron chi connectivity index (χ2n) is 12.2. The molecule has 5 rings (SSSR count). The Morgan fingerprint density at radius 2 is 1.81 bits per heavy atom. The normalized spacial score (nSPS) is 16.6. The molecular formula is C33H42N4O4S. The van der Waals surface area contributed by atoms with E-state index in [1.165, 1.54) is 0 Å². The standard InChI is InChI=1S/C33H42N4O4S/c1-6-7-14-30-34-33(17-10-11-18-33)32(38)37(30)21-25-15-16-27(26(20-25)19-22(2)3)28-12-8-9-13-29(28)42(39,40)36-31-23(4)24(5)35-41-31/h8-9,12-13,15-16,20,22,36H,6-7,10-11,14,17-19,21H2,1-5H3. The Bertz CT molecular complexity index is 1600. The van der Waals surface area contributed by atoms with Gasteiger partial charge in [-0.2, -0.15) is 0 Å². The van der Waals surface area contributed by atoms with Gasteiger partial charge in [-0.05, 0) is 68.2 Å². The third-order valence-corrected chi connectivity index (χ3v) is 9.86. The molecule has 9 heteroatoms. The fourth-order valence-corrected chi connectivity index (χ4v) is 7.38. The van der Waals surface area contributed by atoms with Crippen molar-refractivity contribution in [2.75, 3.05) is 4.72 Å². The molecule has 1 amide bonds. The fraction of sp³-hybridized carbons (Fsp3) is 0.485. The molecule has 2 heterocycles. The van der Waals surface area contributed by atoms with Gasteiger partial charge in [0.2, 0.25) is 5.88 Å². The van der Waals surface area contributed by atoms with Gasteiger partial charge in [-0.15, -0.1) is 0 Å². The smallest absolute Gasteiger partial charge is 0.264 e. The van der Waals surface area contributed by atoms with Crippen LogP contribution < -0.4 is 4.72 Å². The number of amides is 1. The van der Waals surface area contributed by atoms with Gasteiger partial charge in [0, 0.05) is 17.5 Å². The third-order valence-electron chi connectivity index (χ3n) is 8.47. The van der Waals surface area contributed by atoms with Crippen LogP contribution in [-0.2, 0) is 27.8 Å². The number of anilines is 1. The van der Waals surface area contributed by atoms with Crippen LogP contribution in [0.4, 0.5) is 5.88 Å². The summed E-state index contributed by atoms with van der Waals surface area (Å²) in [6.45, 7) is 10.5. The molecule has 0 radical (unpaired) electrons. The topological polar surface area (TPSA) is 105 Å². The molecule has 8 nitrogen and oxygen atoms in total. The summed E-state index contributed by atoms with van der Waals surface area (Å²) in [5.74, 6) is 1.52. The van der Waals surface area contributed by atoms with Crippen molar-refractivity contribution < 1.29 is 17.7 Å². The number of nitrogens with zero attached hydrogens (tertiary/aromatic N) is 3. The Morgan fingerprint density at radius 1 is 1.07 bits per heavy atom. The van der Waals surface area contributed by atoms with E-state index in [0.717, 1.165) is 73.9 Å². The lowest BCUT2D eigenvalue weighted by atomic mass is 9.91. The molecule has 2 aromatic carbocycles. The second-order valence-corrected chi connectivity index (χ2v) is 13.8. The van der Waals surface area contributed by atoms with Crippen molar-refractivity contribution in [3.63, 3.8) is 0 Å². The molecule has 1 fully saturated rings. The molecule has 224 valence electrons. The molecule has 0 bridgehead atoms. The van der Waals surface area contributed by atoms with Crippen molar-refractivity contribution in [2.45, 2.75) is 103 Å². The number of sulfonamides is 1. The van der Waals surface area contributed by atoms with Gasteiger partial charge in [0.15, 0.2) is 0 Å². The highest BCUT2D eigenvalue weighted by molar-refractivity contribution is 7.92. The van der Waals surface area contributed by atoms with Crippen LogP contribution >= 0.6 is 0 Å². The molecule has 0 unspecified atom stereocenters. The van der Waals surface area contributed by atoms with Crippen molar-refractivity contribution in [1.82, 2.24) is 10.1 Å². The van der Waals surface area contributed by atoms with Crippen molar-refractivity contribution in [1.29, 1.82) is 0 Å². The summed E-state index contributed by atoms with van der Waals surface area (Å²) in [6, 6.07) is 13.2. The van der Waals surface area contributed by atoms with E-state index in [1.54, 1.807) is 26.0 Å². The van der Waals surface area contributed by atoms with Gasteiger partial charge < -0.3 is 4.52 Å². The number of benzene rings is 2. The minimum absolute atomic E-state index is 0.121. The van der Waals surface area contributed by atoms with Crippen molar-refractivity contribution in [3.05, 3.63) is 64.8 Å². The first-order chi connectivity index (χ1) is 20.0. The van der Waals surface area contributed by atoms with Gasteiger partial charge in [-0.1, -0.05) is 81.6 Å². The Morgan fingerprint density at radius 3 is 2.48 bits per heavy atom. The van der Waals surface area contributed by atoms with Crippen molar-refractivity contribution in [3.8, 4) is 11.1 Å². The zero-order valence-corrected chi connectivity index (χ0v) is 26.2. The molecule has 0 atom stereocenters. The lowest BCUT2D eigenvalue weighted by Crippen LogP contribution is -2.40. The number of hydrogen-bond acceptors (Lipinski definition) is 6. The molecule has 1 saturated carbocycles. The van der Waals surface area contributed by atoms with E-state index in [9.17, 15) is 13.2 Å². The molecule has 42 heavy (non-hydrogen) atoms. The molecule has 1 N–H and O–H groups in total. The van der Waals surface area contributed by atoms with Gasteiger partial charge in [0.1, 0.15) is 11.4 Å². The maximum atomic E-state index is 13.7. The number of carbonyl (C=O) groups is 1. The van der Waals surface area contributed by atoms with E-state index >= 15 is 0 Å². The number of hydrogen-bond donors (Lipinski definition) is 1. The van der Waals surface area contributed by atoms with Gasteiger partial charge >= 0.3 is 0 Å². The summed E-state index contributed by atoms with van der Waals surface area (Å²) in [6.07, 6.45) is 7.39. The molecule has 1 spiro atoms. The van der Waals surface area contributed by atoms with Crippen LogP contribution in [0.15, 0.2) is 56.9 Å². The molecule has 2 aliphatic rings. The van der Waals surface area contributed by atoms with Gasteiger partial charge in [-0.3, -0.25) is 14.7 Å². The Hall–Kier alpha value is -3.46. The Balaban J connectivity index is 1.50. The first-order valence-electron chi connectivity index (χ1n) is 15.1. The quantitative estimate of drug-likeness (QED) is 0.254. The minimum atomic E-state index is -3.96. The number of unbranched alkanes of at least 4 members (excludes halogenated alkanes) is 1. The number of nitrogens with one attached hydrogen (secondary N) is 1. The number of amidine groups is 1. The summed E-state index contributed by atoms with van der Waals surface area (Å²) in [7, 11) is -3.96. The number of aliphatic imine (C=N–C) groups is 1. The summed E-state index contributed by atoms with van der Waals surface area (Å²) in [5.41, 5.74) is 4.27. The van der Waals surface area contributed by atoms with E-state index in [0.29, 0.717) is 29.3 Å².